The summed E-state index contributed by atoms with van der Waals surface area (Å²) in [6.07, 6.45) is 1.98. The molecule has 27 heavy (non-hydrogen) atoms. The lowest BCUT2D eigenvalue weighted by Crippen LogP contribution is -2.19. The molecule has 0 amide bonds. The number of fused-ring (bicyclic) bond motifs is 1. The van der Waals surface area contributed by atoms with Gasteiger partial charge in [-0.25, -0.2) is 4.79 Å². The highest BCUT2D eigenvalue weighted by Crippen LogP contribution is 2.36. The fourth-order valence-corrected chi connectivity index (χ4v) is 3.80. The number of hydrogen-bond acceptors (Lipinski definition) is 3. The Labute approximate surface area is 161 Å². The van der Waals surface area contributed by atoms with Crippen molar-refractivity contribution in [2.75, 3.05) is 6.61 Å². The van der Waals surface area contributed by atoms with Gasteiger partial charge in [-0.15, -0.1) is 0 Å². The van der Waals surface area contributed by atoms with Crippen molar-refractivity contribution in [2.45, 2.75) is 65.2 Å². The molecular formula is C23H29NO3. The molecule has 1 aromatic carbocycles. The number of nitrogens with one attached hydrogen (secondary N) is 1. The Morgan fingerprint density at radius 2 is 1.85 bits per heavy atom. The minimum absolute atomic E-state index is 0.101. The second-order valence-electron chi connectivity index (χ2n) is 8.51. The average molecular weight is 367 g/mol. The normalized spacial score (nSPS) is 16.9. The number of esters is 1. The van der Waals surface area contributed by atoms with Gasteiger partial charge in [0.1, 0.15) is 5.69 Å². The highest BCUT2D eigenvalue weighted by atomic mass is 16.5. The molecule has 0 saturated heterocycles. The molecule has 144 valence electrons. The molecule has 3 rings (SSSR count). The minimum Gasteiger partial charge on any atom is -0.461 e. The molecule has 0 radical (unpaired) electrons. The number of rotatable bonds is 4. The van der Waals surface area contributed by atoms with Crippen LogP contribution >= 0.6 is 0 Å². The highest BCUT2D eigenvalue weighted by molar-refractivity contribution is 6.03. The van der Waals surface area contributed by atoms with Gasteiger partial charge >= 0.3 is 5.97 Å². The predicted octanol–water partition coefficient (Wildman–Crippen LogP) is 5.10. The minimum atomic E-state index is -0.373. The third-order valence-corrected chi connectivity index (χ3v) is 5.38. The smallest absolute Gasteiger partial charge is 0.355 e. The monoisotopic (exact) mass is 367 g/mol. The van der Waals surface area contributed by atoms with Crippen LogP contribution in [0.5, 0.6) is 0 Å². The maximum Gasteiger partial charge on any atom is 0.355 e. The van der Waals surface area contributed by atoms with E-state index >= 15 is 0 Å². The van der Waals surface area contributed by atoms with Crippen molar-refractivity contribution >= 4 is 11.8 Å². The molecule has 4 nitrogen and oxygen atoms in total. The summed E-state index contributed by atoms with van der Waals surface area (Å²) in [4.78, 5) is 28.2. The lowest BCUT2D eigenvalue weighted by Gasteiger charge is -2.24. The second kappa shape index (κ2) is 7.34. The zero-order valence-corrected chi connectivity index (χ0v) is 16.9. The number of carbonyl (C=O) groups is 2. The first kappa shape index (κ1) is 19.4. The van der Waals surface area contributed by atoms with Crippen LogP contribution in [-0.2, 0) is 16.6 Å². The lowest BCUT2D eigenvalue weighted by molar-refractivity contribution is 0.0498. The number of aromatic amines is 1. The van der Waals surface area contributed by atoms with Gasteiger partial charge in [0.2, 0.25) is 0 Å². The summed E-state index contributed by atoms with van der Waals surface area (Å²) in [6, 6.07) is 8.58. The molecule has 1 aliphatic rings. The van der Waals surface area contributed by atoms with Crippen molar-refractivity contribution in [1.82, 2.24) is 4.98 Å². The summed E-state index contributed by atoms with van der Waals surface area (Å²) in [6.45, 7) is 10.8. The molecule has 0 bridgehead atoms. The van der Waals surface area contributed by atoms with E-state index in [-0.39, 0.29) is 23.1 Å². The largest absolute Gasteiger partial charge is 0.461 e. The number of H-pyrrole nitrogens is 1. The Morgan fingerprint density at radius 1 is 1.19 bits per heavy atom. The quantitative estimate of drug-likeness (QED) is 0.765. The third kappa shape index (κ3) is 3.85. The Bertz CT molecular complexity index is 853. The van der Waals surface area contributed by atoms with Crippen LogP contribution in [0.4, 0.5) is 0 Å². The van der Waals surface area contributed by atoms with Crippen molar-refractivity contribution in [3.63, 3.8) is 0 Å². The van der Waals surface area contributed by atoms with E-state index in [1.807, 2.05) is 13.8 Å². The molecule has 0 aliphatic heterocycles. The molecule has 1 atom stereocenters. The van der Waals surface area contributed by atoms with E-state index < -0.39 is 0 Å². The second-order valence-corrected chi connectivity index (χ2v) is 8.51. The van der Waals surface area contributed by atoms with Gasteiger partial charge in [-0.2, -0.15) is 0 Å². The Balaban J connectivity index is 1.86. The van der Waals surface area contributed by atoms with Crippen LogP contribution in [0.2, 0.25) is 0 Å². The van der Waals surface area contributed by atoms with Gasteiger partial charge in [0.25, 0.3) is 0 Å². The van der Waals surface area contributed by atoms with Crippen molar-refractivity contribution in [2.24, 2.45) is 0 Å². The summed E-state index contributed by atoms with van der Waals surface area (Å²) in [7, 11) is 0. The predicted molar refractivity (Wildman–Crippen MR) is 107 cm³/mol. The standard InChI is InChI=1S/C23H29NO3/c1-6-11-27-22(26)21-14(2)20-18(24-21)12-16(13-19(20)25)15-7-9-17(10-8-15)23(3,4)5/h7-10,16,24H,6,11-13H2,1-5H3/t16-/m0/s1. The van der Waals surface area contributed by atoms with Gasteiger partial charge in [-0.3, -0.25) is 4.79 Å². The molecule has 0 spiro atoms. The summed E-state index contributed by atoms with van der Waals surface area (Å²) in [5.41, 5.74) is 5.25. The molecule has 1 heterocycles. The molecule has 0 unspecified atom stereocenters. The summed E-state index contributed by atoms with van der Waals surface area (Å²) >= 11 is 0. The number of ketones is 1. The van der Waals surface area contributed by atoms with E-state index in [1.165, 1.54) is 11.1 Å². The number of carbonyl (C=O) groups excluding carboxylic acids is 2. The summed E-state index contributed by atoms with van der Waals surface area (Å²) < 4.78 is 5.25. The Morgan fingerprint density at radius 3 is 2.44 bits per heavy atom. The van der Waals surface area contributed by atoms with Crippen LogP contribution in [0, 0.1) is 6.92 Å². The molecular weight excluding hydrogens is 338 g/mol. The van der Waals surface area contributed by atoms with Crippen LogP contribution in [0.15, 0.2) is 24.3 Å². The third-order valence-electron chi connectivity index (χ3n) is 5.38. The van der Waals surface area contributed by atoms with Gasteiger partial charge in [-0.1, -0.05) is 52.0 Å². The number of ether oxygens (including phenoxy) is 1. The van der Waals surface area contributed by atoms with Crippen LogP contribution < -0.4 is 0 Å². The average Bonchev–Trinajstić information content (AvgIpc) is 2.96. The first-order valence-electron chi connectivity index (χ1n) is 9.74. The molecule has 4 heteroatoms. The van der Waals surface area contributed by atoms with Crippen LogP contribution in [0.1, 0.15) is 89.7 Å². The number of hydrogen-bond donors (Lipinski definition) is 1. The fourth-order valence-electron chi connectivity index (χ4n) is 3.80. The highest BCUT2D eigenvalue weighted by Gasteiger charge is 2.32. The van der Waals surface area contributed by atoms with E-state index in [0.717, 1.165) is 24.1 Å². The first-order chi connectivity index (χ1) is 12.7. The van der Waals surface area contributed by atoms with Gasteiger partial charge in [0, 0.05) is 17.7 Å². The number of aromatic nitrogens is 1. The number of benzene rings is 1. The van der Waals surface area contributed by atoms with E-state index in [4.69, 9.17) is 4.74 Å². The van der Waals surface area contributed by atoms with Crippen LogP contribution in [0.25, 0.3) is 0 Å². The van der Waals surface area contributed by atoms with Crippen molar-refractivity contribution in [3.05, 3.63) is 57.9 Å². The first-order valence-corrected chi connectivity index (χ1v) is 9.74. The number of Topliss-reactive ketones (excluding diaryl/α,β-unsaturated/α-hetero) is 1. The topological polar surface area (TPSA) is 59.2 Å². The van der Waals surface area contributed by atoms with Gasteiger partial charge in [0.15, 0.2) is 5.78 Å². The van der Waals surface area contributed by atoms with Crippen molar-refractivity contribution < 1.29 is 14.3 Å². The summed E-state index contributed by atoms with van der Waals surface area (Å²) in [5, 5.41) is 0. The van der Waals surface area contributed by atoms with Gasteiger partial charge in [0.05, 0.1) is 6.61 Å². The Hall–Kier alpha value is -2.36. The van der Waals surface area contributed by atoms with Crippen LogP contribution in [0.3, 0.4) is 0 Å². The molecule has 0 fully saturated rings. The molecule has 1 N–H and O–H groups in total. The zero-order valence-electron chi connectivity index (χ0n) is 16.9. The molecule has 2 aromatic rings. The van der Waals surface area contributed by atoms with E-state index in [9.17, 15) is 9.59 Å². The maximum absolute atomic E-state index is 12.8. The Kier molecular flexibility index (Phi) is 5.27. The molecule has 0 saturated carbocycles. The fraction of sp³-hybridized carbons (Fsp3) is 0.478. The van der Waals surface area contributed by atoms with Crippen molar-refractivity contribution in [3.8, 4) is 0 Å². The van der Waals surface area contributed by atoms with E-state index in [2.05, 4.69) is 50.0 Å². The molecule has 1 aromatic heterocycles. The van der Waals surface area contributed by atoms with Gasteiger partial charge < -0.3 is 9.72 Å². The van der Waals surface area contributed by atoms with Gasteiger partial charge in [-0.05, 0) is 47.8 Å². The van der Waals surface area contributed by atoms with E-state index in [1.54, 1.807) is 0 Å². The lowest BCUT2D eigenvalue weighted by atomic mass is 9.80. The summed E-state index contributed by atoms with van der Waals surface area (Å²) in [5.74, 6) is -0.136. The van der Waals surface area contributed by atoms with Crippen molar-refractivity contribution in [1.29, 1.82) is 0 Å². The SMILES string of the molecule is CCCOC(=O)c1[nH]c2c(c1C)C(=O)C[C@@H](c1ccc(C(C)(C)C)cc1)C2. The van der Waals surface area contributed by atoms with Crippen LogP contribution in [-0.4, -0.2) is 23.3 Å². The zero-order chi connectivity index (χ0) is 19.8. The molecule has 1 aliphatic carbocycles. The maximum atomic E-state index is 12.8. The van der Waals surface area contributed by atoms with E-state index in [0.29, 0.717) is 24.3 Å².